The molecule has 43 heavy (non-hydrogen) atoms. The molecule has 10 nitrogen and oxygen atoms in total. The number of hydrogen-bond donors (Lipinski definition) is 3. The number of carboxylic acids is 1. The quantitative estimate of drug-likeness (QED) is 0.166. The Balaban J connectivity index is 1.19. The largest absolute Gasteiger partial charge is 0.480 e. The van der Waals surface area contributed by atoms with Gasteiger partial charge in [-0.2, -0.15) is 5.10 Å². The summed E-state index contributed by atoms with van der Waals surface area (Å²) in [5, 5.41) is 21.2. The van der Waals surface area contributed by atoms with E-state index in [9.17, 15) is 9.90 Å². The predicted molar refractivity (Wildman–Crippen MR) is 169 cm³/mol. The first-order valence-corrected chi connectivity index (χ1v) is 15.3. The number of carboxylic acid groups (broad SMARTS) is 1. The average molecular weight is 583 g/mol. The average Bonchev–Trinajstić information content (AvgIpc) is 3.35. The zero-order valence-electron chi connectivity index (χ0n) is 25.2. The Kier molecular flexibility index (Phi) is 10.3. The van der Waals surface area contributed by atoms with Crippen LogP contribution in [-0.2, 0) is 24.2 Å². The molecule has 3 N–H and O–H groups in total. The lowest BCUT2D eigenvalue weighted by Crippen LogP contribution is -2.37. The van der Waals surface area contributed by atoms with Crippen LogP contribution < -0.4 is 10.6 Å². The second-order valence-corrected chi connectivity index (χ2v) is 11.3. The first kappa shape index (κ1) is 30.2. The third kappa shape index (κ3) is 8.61. The summed E-state index contributed by atoms with van der Waals surface area (Å²) in [5.41, 5.74) is 6.27. The molecule has 226 valence electrons. The Morgan fingerprint density at radius 3 is 2.72 bits per heavy atom. The number of aliphatic carboxylic acids is 1. The highest BCUT2D eigenvalue weighted by molar-refractivity contribution is 5.77. The molecule has 4 aromatic rings. The van der Waals surface area contributed by atoms with E-state index in [1.807, 2.05) is 41.9 Å². The van der Waals surface area contributed by atoms with Crippen molar-refractivity contribution in [1.82, 2.24) is 29.6 Å². The summed E-state index contributed by atoms with van der Waals surface area (Å²) in [7, 11) is 0. The topological polar surface area (TPSA) is 121 Å². The first-order chi connectivity index (χ1) is 20.9. The van der Waals surface area contributed by atoms with Gasteiger partial charge in [-0.25, -0.2) is 19.7 Å². The maximum absolute atomic E-state index is 12.3. The van der Waals surface area contributed by atoms with Gasteiger partial charge in [0.05, 0.1) is 17.9 Å². The van der Waals surface area contributed by atoms with E-state index in [4.69, 9.17) is 4.98 Å². The maximum Gasteiger partial charge on any atom is 0.326 e. The molecule has 0 saturated heterocycles. The first-order valence-electron chi connectivity index (χ1n) is 15.3. The highest BCUT2D eigenvalue weighted by Crippen LogP contribution is 2.21. The van der Waals surface area contributed by atoms with Crippen molar-refractivity contribution in [2.45, 2.75) is 65.0 Å². The van der Waals surface area contributed by atoms with Gasteiger partial charge in [0, 0.05) is 42.7 Å². The number of anilines is 2. The fourth-order valence-electron chi connectivity index (χ4n) is 5.57. The SMILES string of the molecule is Cc1cc(C)n(CCN(CCCCc2ccc3c(n2)NCCC3)CCC(Nc2cc(-c3ccccc3)ncn2)C(=O)O)n1. The van der Waals surface area contributed by atoms with Crippen molar-refractivity contribution in [2.24, 2.45) is 0 Å². The third-order valence-corrected chi connectivity index (χ3v) is 7.93. The second-order valence-electron chi connectivity index (χ2n) is 11.3. The van der Waals surface area contributed by atoms with Crippen molar-refractivity contribution in [1.29, 1.82) is 0 Å². The number of rotatable bonds is 15. The molecule has 4 heterocycles. The highest BCUT2D eigenvalue weighted by atomic mass is 16.4. The van der Waals surface area contributed by atoms with Crippen LogP contribution in [0, 0.1) is 13.8 Å². The van der Waals surface area contributed by atoms with Crippen molar-refractivity contribution < 1.29 is 9.90 Å². The van der Waals surface area contributed by atoms with Crippen LogP contribution in [-0.4, -0.2) is 72.9 Å². The molecule has 0 aliphatic carbocycles. The summed E-state index contributed by atoms with van der Waals surface area (Å²) >= 11 is 0. The van der Waals surface area contributed by atoms with Crippen LogP contribution in [0.15, 0.2) is 60.9 Å². The molecule has 0 radical (unpaired) electrons. The molecule has 3 aromatic heterocycles. The Morgan fingerprint density at radius 1 is 1.07 bits per heavy atom. The van der Waals surface area contributed by atoms with Crippen LogP contribution in [0.4, 0.5) is 11.6 Å². The van der Waals surface area contributed by atoms with E-state index in [1.54, 1.807) is 6.07 Å². The molecular weight excluding hydrogens is 540 g/mol. The van der Waals surface area contributed by atoms with Gasteiger partial charge in [0.2, 0.25) is 0 Å². The van der Waals surface area contributed by atoms with E-state index in [0.717, 1.165) is 92.4 Å². The molecule has 0 amide bonds. The van der Waals surface area contributed by atoms with Crippen LogP contribution in [0.25, 0.3) is 11.3 Å². The summed E-state index contributed by atoms with van der Waals surface area (Å²) in [6.45, 7) is 8.13. The summed E-state index contributed by atoms with van der Waals surface area (Å²) in [5.74, 6) is 0.648. The fraction of sp³-hybridized carbons (Fsp3) is 0.424. The lowest BCUT2D eigenvalue weighted by atomic mass is 10.1. The normalized spacial score (nSPS) is 13.4. The van der Waals surface area contributed by atoms with Gasteiger partial charge in [0.25, 0.3) is 0 Å². The van der Waals surface area contributed by atoms with Crippen molar-refractivity contribution in [2.75, 3.05) is 36.8 Å². The number of aryl methyl sites for hydroxylation is 4. The molecule has 1 unspecified atom stereocenters. The van der Waals surface area contributed by atoms with Gasteiger partial charge in [-0.1, -0.05) is 36.4 Å². The summed E-state index contributed by atoms with van der Waals surface area (Å²) in [6, 6.07) is 17.3. The van der Waals surface area contributed by atoms with E-state index >= 15 is 0 Å². The van der Waals surface area contributed by atoms with Crippen molar-refractivity contribution in [3.05, 3.63) is 83.6 Å². The summed E-state index contributed by atoms with van der Waals surface area (Å²) in [4.78, 5) is 28.1. The number of nitrogens with zero attached hydrogens (tertiary/aromatic N) is 6. The predicted octanol–water partition coefficient (Wildman–Crippen LogP) is 4.99. The van der Waals surface area contributed by atoms with Crippen LogP contribution in [0.5, 0.6) is 0 Å². The lowest BCUT2D eigenvalue weighted by Gasteiger charge is -2.25. The molecule has 1 aromatic carbocycles. The van der Waals surface area contributed by atoms with E-state index in [-0.39, 0.29) is 0 Å². The van der Waals surface area contributed by atoms with Gasteiger partial charge in [0.1, 0.15) is 24.0 Å². The van der Waals surface area contributed by atoms with Gasteiger partial charge >= 0.3 is 5.97 Å². The number of aromatic nitrogens is 5. The van der Waals surface area contributed by atoms with E-state index in [0.29, 0.717) is 18.8 Å². The van der Waals surface area contributed by atoms with E-state index in [2.05, 4.69) is 55.7 Å². The zero-order valence-corrected chi connectivity index (χ0v) is 25.2. The van der Waals surface area contributed by atoms with Crippen molar-refractivity contribution in [3.8, 4) is 11.3 Å². The number of benzene rings is 1. The van der Waals surface area contributed by atoms with E-state index < -0.39 is 12.0 Å². The third-order valence-electron chi connectivity index (χ3n) is 7.93. The van der Waals surface area contributed by atoms with Crippen molar-refractivity contribution >= 4 is 17.6 Å². The van der Waals surface area contributed by atoms with Crippen LogP contribution in [0.2, 0.25) is 0 Å². The smallest absolute Gasteiger partial charge is 0.326 e. The van der Waals surface area contributed by atoms with Gasteiger partial charge in [0.15, 0.2) is 0 Å². The Morgan fingerprint density at radius 2 is 1.93 bits per heavy atom. The molecule has 1 aliphatic heterocycles. The van der Waals surface area contributed by atoms with Crippen molar-refractivity contribution in [3.63, 3.8) is 0 Å². The standard InChI is InChI=1S/C33H42N8O2/c1-24-21-25(2)41(39-24)20-19-40(17-7-6-12-28-14-13-27-11-8-16-34-32(27)37-28)18-15-29(33(42)43)38-31-22-30(35-23-36-31)26-9-4-3-5-10-26/h3-5,9-10,13-14,21-23,29H,6-8,11-12,15-20H2,1-2H3,(H,34,37)(H,42,43)(H,35,36,38). The number of fused-ring (bicyclic) bond motifs is 1. The van der Waals surface area contributed by atoms with Gasteiger partial charge in [-0.3, -0.25) is 4.68 Å². The molecular formula is C33H42N8O2. The Hall–Kier alpha value is -4.31. The molecule has 0 spiro atoms. The molecule has 1 aliphatic rings. The molecule has 0 fully saturated rings. The molecule has 0 bridgehead atoms. The van der Waals surface area contributed by atoms with Crippen LogP contribution in [0.3, 0.4) is 0 Å². The van der Waals surface area contributed by atoms with Crippen LogP contribution >= 0.6 is 0 Å². The minimum absolute atomic E-state index is 0.440. The maximum atomic E-state index is 12.3. The molecule has 0 saturated carbocycles. The monoisotopic (exact) mass is 582 g/mol. The number of carbonyl (C=O) groups is 1. The minimum Gasteiger partial charge on any atom is -0.480 e. The number of unbranched alkanes of at least 4 members (excludes halogenated alkanes) is 1. The number of nitrogens with one attached hydrogen (secondary N) is 2. The molecule has 1 atom stereocenters. The lowest BCUT2D eigenvalue weighted by molar-refractivity contribution is -0.138. The second kappa shape index (κ2) is 14.7. The van der Waals surface area contributed by atoms with Crippen LogP contribution in [0.1, 0.15) is 48.3 Å². The fourth-order valence-corrected chi connectivity index (χ4v) is 5.57. The zero-order chi connectivity index (χ0) is 30.0. The molecule has 10 heteroatoms. The van der Waals surface area contributed by atoms with Gasteiger partial charge < -0.3 is 20.6 Å². The summed E-state index contributed by atoms with van der Waals surface area (Å²) in [6.07, 6.45) is 7.11. The molecule has 5 rings (SSSR count). The Labute approximate surface area is 253 Å². The van der Waals surface area contributed by atoms with Gasteiger partial charge in [-0.05, 0) is 76.6 Å². The minimum atomic E-state index is -0.898. The van der Waals surface area contributed by atoms with Gasteiger partial charge in [-0.15, -0.1) is 0 Å². The highest BCUT2D eigenvalue weighted by Gasteiger charge is 2.20. The number of hydrogen-bond acceptors (Lipinski definition) is 8. The van der Waals surface area contributed by atoms with E-state index in [1.165, 1.54) is 11.9 Å². The number of pyridine rings is 1. The summed E-state index contributed by atoms with van der Waals surface area (Å²) < 4.78 is 2.03. The Bertz CT molecular complexity index is 1490.